The van der Waals surface area contributed by atoms with Gasteiger partial charge >= 0.3 is 0 Å². The number of thiocarbonyl (C=S) groups is 1. The minimum absolute atomic E-state index is 0.344. The van der Waals surface area contributed by atoms with Crippen LogP contribution in [0.4, 0.5) is 5.95 Å². The van der Waals surface area contributed by atoms with E-state index in [4.69, 9.17) is 18.0 Å². The molecule has 0 spiro atoms. The Labute approximate surface area is 119 Å². The monoisotopic (exact) mass is 276 g/mol. The maximum Gasteiger partial charge on any atom is 0.225 e. The van der Waals surface area contributed by atoms with E-state index in [1.165, 1.54) is 32.1 Å². The molecule has 2 fully saturated rings. The SMILES string of the molecule is NC(=S)c1ccnc(N2CCC3CCCCC3C2)n1. The Kier molecular flexibility index (Phi) is 3.64. The molecule has 3 rings (SSSR count). The van der Waals surface area contributed by atoms with Gasteiger partial charge in [0.05, 0.1) is 0 Å². The number of anilines is 1. The number of nitrogens with two attached hydrogens (primary N) is 1. The molecule has 102 valence electrons. The molecule has 2 heterocycles. The molecule has 2 unspecified atom stereocenters. The van der Waals surface area contributed by atoms with E-state index in [2.05, 4.69) is 14.9 Å². The smallest absolute Gasteiger partial charge is 0.225 e. The third-order valence-corrected chi connectivity index (χ3v) is 4.68. The molecule has 2 N–H and O–H groups in total. The van der Waals surface area contributed by atoms with Gasteiger partial charge in [0.1, 0.15) is 10.7 Å². The summed E-state index contributed by atoms with van der Waals surface area (Å²) in [7, 11) is 0. The molecule has 1 saturated carbocycles. The van der Waals surface area contributed by atoms with E-state index >= 15 is 0 Å². The third-order valence-electron chi connectivity index (χ3n) is 4.47. The lowest BCUT2D eigenvalue weighted by atomic mass is 9.75. The lowest BCUT2D eigenvalue weighted by Gasteiger charge is -2.41. The molecule has 1 saturated heterocycles. The molecule has 4 nitrogen and oxygen atoms in total. The van der Waals surface area contributed by atoms with Gasteiger partial charge in [0.2, 0.25) is 5.95 Å². The first-order chi connectivity index (χ1) is 9.24. The summed E-state index contributed by atoms with van der Waals surface area (Å²) >= 11 is 4.98. The van der Waals surface area contributed by atoms with Crippen molar-refractivity contribution in [3.8, 4) is 0 Å². The van der Waals surface area contributed by atoms with Crippen molar-refractivity contribution in [3.63, 3.8) is 0 Å². The quantitative estimate of drug-likeness (QED) is 0.839. The highest BCUT2D eigenvalue weighted by Gasteiger charge is 2.31. The van der Waals surface area contributed by atoms with Crippen molar-refractivity contribution in [2.75, 3.05) is 18.0 Å². The first kappa shape index (κ1) is 12.8. The molecular weight excluding hydrogens is 256 g/mol. The first-order valence-electron chi connectivity index (χ1n) is 7.12. The largest absolute Gasteiger partial charge is 0.388 e. The maximum absolute atomic E-state index is 5.64. The van der Waals surface area contributed by atoms with E-state index in [1.807, 2.05) is 0 Å². The topological polar surface area (TPSA) is 55.0 Å². The standard InChI is InChI=1S/C14H20N4S/c15-13(19)12-5-7-16-14(17-12)18-8-6-10-3-1-2-4-11(10)9-18/h5,7,10-11H,1-4,6,8-9H2,(H2,15,19). The number of piperidine rings is 1. The van der Waals surface area contributed by atoms with Gasteiger partial charge in [-0.15, -0.1) is 0 Å². The highest BCUT2D eigenvalue weighted by Crippen LogP contribution is 2.36. The summed E-state index contributed by atoms with van der Waals surface area (Å²) in [6.45, 7) is 2.15. The molecule has 0 amide bonds. The Bertz CT molecular complexity index is 476. The summed E-state index contributed by atoms with van der Waals surface area (Å²) < 4.78 is 0. The minimum atomic E-state index is 0.344. The molecule has 1 aliphatic heterocycles. The summed E-state index contributed by atoms with van der Waals surface area (Å²) in [6.07, 6.45) is 8.58. The van der Waals surface area contributed by atoms with E-state index in [1.54, 1.807) is 12.3 Å². The molecule has 5 heteroatoms. The zero-order valence-electron chi connectivity index (χ0n) is 11.1. The van der Waals surface area contributed by atoms with E-state index in [0.717, 1.165) is 30.9 Å². The Hall–Kier alpha value is -1.23. The van der Waals surface area contributed by atoms with Gasteiger partial charge in [0, 0.05) is 19.3 Å². The van der Waals surface area contributed by atoms with Gasteiger partial charge in [0.15, 0.2) is 0 Å². The molecule has 0 bridgehead atoms. The van der Waals surface area contributed by atoms with Crippen molar-refractivity contribution in [3.05, 3.63) is 18.0 Å². The second-order valence-electron chi connectivity index (χ2n) is 5.65. The van der Waals surface area contributed by atoms with Crippen molar-refractivity contribution in [2.24, 2.45) is 17.6 Å². The molecule has 19 heavy (non-hydrogen) atoms. The number of aromatic nitrogens is 2. The summed E-state index contributed by atoms with van der Waals surface area (Å²) in [5, 5.41) is 0. The molecule has 1 aromatic rings. The van der Waals surface area contributed by atoms with Crippen molar-refractivity contribution < 1.29 is 0 Å². The fourth-order valence-electron chi connectivity index (χ4n) is 3.42. The first-order valence-corrected chi connectivity index (χ1v) is 7.52. The van der Waals surface area contributed by atoms with Gasteiger partial charge in [-0.1, -0.05) is 31.5 Å². The number of nitrogens with zero attached hydrogens (tertiary/aromatic N) is 3. The van der Waals surface area contributed by atoms with Gasteiger partial charge in [-0.2, -0.15) is 0 Å². The fraction of sp³-hybridized carbons (Fsp3) is 0.643. The molecule has 1 aromatic heterocycles. The molecule has 2 aliphatic rings. The fourth-order valence-corrected chi connectivity index (χ4v) is 3.53. The second-order valence-corrected chi connectivity index (χ2v) is 6.09. The van der Waals surface area contributed by atoms with Gasteiger partial charge in [0.25, 0.3) is 0 Å². The van der Waals surface area contributed by atoms with E-state index in [-0.39, 0.29) is 0 Å². The third kappa shape index (κ3) is 2.71. The van der Waals surface area contributed by atoms with Crippen LogP contribution in [0.1, 0.15) is 37.8 Å². The molecule has 2 atom stereocenters. The Morgan fingerprint density at radius 3 is 2.84 bits per heavy atom. The van der Waals surface area contributed by atoms with Crippen LogP contribution in [0.3, 0.4) is 0 Å². The predicted molar refractivity (Wildman–Crippen MR) is 80.2 cm³/mol. The highest BCUT2D eigenvalue weighted by atomic mass is 32.1. The van der Waals surface area contributed by atoms with E-state index in [0.29, 0.717) is 10.7 Å². The summed E-state index contributed by atoms with van der Waals surface area (Å²) in [4.78, 5) is 11.5. The lowest BCUT2D eigenvalue weighted by molar-refractivity contribution is 0.201. The molecule has 0 aromatic carbocycles. The van der Waals surface area contributed by atoms with Crippen LogP contribution in [0.5, 0.6) is 0 Å². The zero-order chi connectivity index (χ0) is 13.2. The zero-order valence-corrected chi connectivity index (χ0v) is 11.9. The summed E-state index contributed by atoms with van der Waals surface area (Å²) in [6, 6.07) is 1.78. The number of hydrogen-bond acceptors (Lipinski definition) is 4. The average Bonchev–Trinajstić information content (AvgIpc) is 2.47. The van der Waals surface area contributed by atoms with Crippen LogP contribution >= 0.6 is 12.2 Å². The van der Waals surface area contributed by atoms with Crippen molar-refractivity contribution in [1.29, 1.82) is 0 Å². The van der Waals surface area contributed by atoms with E-state index < -0.39 is 0 Å². The van der Waals surface area contributed by atoms with Gasteiger partial charge < -0.3 is 10.6 Å². The molecule has 1 aliphatic carbocycles. The number of rotatable bonds is 2. The van der Waals surface area contributed by atoms with Crippen molar-refractivity contribution in [1.82, 2.24) is 9.97 Å². The lowest BCUT2D eigenvalue weighted by Crippen LogP contribution is -2.42. The van der Waals surface area contributed by atoms with Crippen molar-refractivity contribution in [2.45, 2.75) is 32.1 Å². The van der Waals surface area contributed by atoms with Crippen LogP contribution < -0.4 is 10.6 Å². The highest BCUT2D eigenvalue weighted by molar-refractivity contribution is 7.80. The average molecular weight is 276 g/mol. The number of fused-ring (bicyclic) bond motifs is 1. The molecule has 0 radical (unpaired) electrons. The Morgan fingerprint density at radius 2 is 2.05 bits per heavy atom. The van der Waals surface area contributed by atoms with Crippen molar-refractivity contribution >= 4 is 23.2 Å². The van der Waals surface area contributed by atoms with Crippen LogP contribution in [-0.2, 0) is 0 Å². The van der Waals surface area contributed by atoms with Crippen LogP contribution in [0.25, 0.3) is 0 Å². The number of hydrogen-bond donors (Lipinski definition) is 1. The van der Waals surface area contributed by atoms with Crippen LogP contribution in [0.2, 0.25) is 0 Å². The van der Waals surface area contributed by atoms with E-state index in [9.17, 15) is 0 Å². The molecular formula is C14H20N4S. The maximum atomic E-state index is 5.64. The van der Waals surface area contributed by atoms with Gasteiger partial charge in [-0.05, 0) is 30.7 Å². The van der Waals surface area contributed by atoms with Crippen LogP contribution in [-0.4, -0.2) is 28.0 Å². The van der Waals surface area contributed by atoms with Gasteiger partial charge in [-0.3, -0.25) is 0 Å². The normalized spacial score (nSPS) is 26.8. The second kappa shape index (κ2) is 5.41. The Morgan fingerprint density at radius 1 is 1.26 bits per heavy atom. The van der Waals surface area contributed by atoms with Gasteiger partial charge in [-0.25, -0.2) is 9.97 Å². The van der Waals surface area contributed by atoms with Crippen LogP contribution in [0.15, 0.2) is 12.3 Å². The summed E-state index contributed by atoms with van der Waals surface area (Å²) in [5.41, 5.74) is 6.31. The Balaban J connectivity index is 1.75. The minimum Gasteiger partial charge on any atom is -0.388 e. The predicted octanol–water partition coefficient (Wildman–Crippen LogP) is 2.13. The van der Waals surface area contributed by atoms with Crippen LogP contribution in [0, 0.1) is 11.8 Å². The summed E-state index contributed by atoms with van der Waals surface area (Å²) in [5.74, 6) is 2.53.